The first kappa shape index (κ1) is 22.5. The molecule has 2 saturated heterocycles. The van der Waals surface area contributed by atoms with Gasteiger partial charge in [-0.25, -0.2) is 8.42 Å². The van der Waals surface area contributed by atoms with E-state index >= 15 is 0 Å². The molecule has 5 rings (SSSR count). The molecule has 2 aliphatic heterocycles. The Morgan fingerprint density at radius 1 is 1.03 bits per heavy atom. The van der Waals surface area contributed by atoms with Crippen molar-refractivity contribution in [2.24, 2.45) is 5.92 Å². The van der Waals surface area contributed by atoms with Crippen LogP contribution in [-0.4, -0.2) is 71.5 Å². The predicted molar refractivity (Wildman–Crippen MR) is 129 cm³/mol. The highest BCUT2D eigenvalue weighted by atomic mass is 35.5. The molecule has 11 heteroatoms. The number of rotatable bonds is 4. The third kappa shape index (κ3) is 4.44. The quantitative estimate of drug-likeness (QED) is 0.541. The molecule has 0 N–H and O–H groups in total. The number of piperazine rings is 1. The van der Waals surface area contributed by atoms with Gasteiger partial charge in [-0.1, -0.05) is 23.7 Å². The van der Waals surface area contributed by atoms with E-state index in [0.29, 0.717) is 48.5 Å². The van der Waals surface area contributed by atoms with E-state index in [0.717, 1.165) is 30.5 Å². The summed E-state index contributed by atoms with van der Waals surface area (Å²) in [6, 6.07) is 12.7. The monoisotopic (exact) mass is 505 g/mol. The minimum atomic E-state index is -3.76. The van der Waals surface area contributed by atoms with Gasteiger partial charge in [0.15, 0.2) is 0 Å². The van der Waals surface area contributed by atoms with Gasteiger partial charge in [0.2, 0.25) is 15.9 Å². The van der Waals surface area contributed by atoms with Crippen LogP contribution in [0.1, 0.15) is 12.8 Å². The molecule has 1 amide bonds. The fraction of sp³-hybridized carbons (Fsp3) is 0.409. The summed E-state index contributed by atoms with van der Waals surface area (Å²) in [6.45, 7) is 3.27. The summed E-state index contributed by atoms with van der Waals surface area (Å²) in [4.78, 5) is 17.5. The van der Waals surface area contributed by atoms with Crippen molar-refractivity contribution in [1.29, 1.82) is 0 Å². The Balaban J connectivity index is 1.26. The maximum atomic E-state index is 13.4. The second kappa shape index (κ2) is 9.17. The van der Waals surface area contributed by atoms with Gasteiger partial charge < -0.3 is 9.80 Å². The van der Waals surface area contributed by atoms with Gasteiger partial charge in [0.1, 0.15) is 15.9 Å². The second-order valence-electron chi connectivity index (χ2n) is 8.38. The number of fused-ring (bicyclic) bond motifs is 1. The summed E-state index contributed by atoms with van der Waals surface area (Å²) in [5, 5.41) is 0.693. The van der Waals surface area contributed by atoms with Crippen LogP contribution < -0.4 is 4.90 Å². The molecule has 2 fully saturated rings. The Kier molecular flexibility index (Phi) is 6.26. The van der Waals surface area contributed by atoms with Gasteiger partial charge in [-0.2, -0.15) is 13.1 Å². The van der Waals surface area contributed by atoms with Crippen molar-refractivity contribution in [3.8, 4) is 0 Å². The lowest BCUT2D eigenvalue weighted by molar-refractivity contribution is -0.137. The van der Waals surface area contributed by atoms with Crippen LogP contribution >= 0.6 is 23.3 Å². The minimum absolute atomic E-state index is 0.0363. The SMILES string of the molecule is O=C([C@H]1CCCN(S(=O)(=O)c2cccc3nsnc23)C1)N1CCN(c2cccc(Cl)c2)CC1. The standard InChI is InChI=1S/C22H24ClN5O3S2/c23-17-5-1-6-18(14-17)26-10-12-27(13-11-26)22(29)16-4-3-9-28(15-16)33(30,31)20-8-2-7-19-21(20)25-32-24-19/h1-2,5-8,14,16H,3-4,9-13,15H2/t16-/m0/s1. The van der Waals surface area contributed by atoms with Gasteiger partial charge in [-0.15, -0.1) is 0 Å². The van der Waals surface area contributed by atoms with E-state index in [1.165, 1.54) is 4.31 Å². The zero-order valence-electron chi connectivity index (χ0n) is 17.9. The summed E-state index contributed by atoms with van der Waals surface area (Å²) >= 11 is 7.11. The lowest BCUT2D eigenvalue weighted by atomic mass is 9.97. The van der Waals surface area contributed by atoms with Crippen molar-refractivity contribution in [3.63, 3.8) is 0 Å². The molecule has 33 heavy (non-hydrogen) atoms. The lowest BCUT2D eigenvalue weighted by Gasteiger charge is -2.39. The molecular formula is C22H24ClN5O3S2. The molecule has 1 aromatic heterocycles. The number of amides is 1. The van der Waals surface area contributed by atoms with E-state index in [4.69, 9.17) is 11.6 Å². The van der Waals surface area contributed by atoms with Gasteiger partial charge in [-0.3, -0.25) is 4.79 Å². The first-order chi connectivity index (χ1) is 15.9. The summed E-state index contributed by atoms with van der Waals surface area (Å²) in [7, 11) is -3.76. The molecule has 0 spiro atoms. The number of anilines is 1. The largest absolute Gasteiger partial charge is 0.368 e. The van der Waals surface area contributed by atoms with E-state index < -0.39 is 10.0 Å². The van der Waals surface area contributed by atoms with Crippen molar-refractivity contribution in [1.82, 2.24) is 18.0 Å². The molecule has 2 aliphatic rings. The molecule has 2 aromatic carbocycles. The third-order valence-corrected chi connectivity index (χ3v) is 9.04. The Hall–Kier alpha value is -2.27. The van der Waals surface area contributed by atoms with E-state index in [1.54, 1.807) is 18.2 Å². The molecule has 0 bridgehead atoms. The highest BCUT2D eigenvalue weighted by molar-refractivity contribution is 7.89. The van der Waals surface area contributed by atoms with E-state index in [2.05, 4.69) is 13.6 Å². The molecule has 0 radical (unpaired) electrons. The van der Waals surface area contributed by atoms with Crippen LogP contribution in [-0.2, 0) is 14.8 Å². The number of benzene rings is 2. The second-order valence-corrected chi connectivity index (χ2v) is 11.3. The van der Waals surface area contributed by atoms with Crippen molar-refractivity contribution in [2.45, 2.75) is 17.7 Å². The molecule has 0 unspecified atom stereocenters. The molecule has 0 saturated carbocycles. The number of nitrogens with zero attached hydrogens (tertiary/aromatic N) is 5. The van der Waals surface area contributed by atoms with Gasteiger partial charge in [0, 0.05) is 50.0 Å². The number of sulfonamides is 1. The Labute approximate surface area is 202 Å². The summed E-state index contributed by atoms with van der Waals surface area (Å²) in [5.41, 5.74) is 2.02. The van der Waals surface area contributed by atoms with Gasteiger partial charge in [0.05, 0.1) is 17.6 Å². The smallest absolute Gasteiger partial charge is 0.245 e. The van der Waals surface area contributed by atoms with Crippen LogP contribution in [0.5, 0.6) is 0 Å². The third-order valence-electron chi connectivity index (χ3n) is 6.36. The van der Waals surface area contributed by atoms with Crippen molar-refractivity contribution in [3.05, 3.63) is 47.5 Å². The summed E-state index contributed by atoms with van der Waals surface area (Å²) in [6.07, 6.45) is 1.35. The zero-order valence-corrected chi connectivity index (χ0v) is 20.3. The van der Waals surface area contributed by atoms with Crippen molar-refractivity contribution < 1.29 is 13.2 Å². The minimum Gasteiger partial charge on any atom is -0.368 e. The average Bonchev–Trinajstić information content (AvgIpc) is 3.33. The highest BCUT2D eigenvalue weighted by Crippen LogP contribution is 2.29. The van der Waals surface area contributed by atoms with Crippen molar-refractivity contribution in [2.75, 3.05) is 44.2 Å². The molecule has 1 atom stereocenters. The van der Waals surface area contributed by atoms with Crippen LogP contribution in [0.3, 0.4) is 0 Å². The number of piperidine rings is 1. The Bertz CT molecular complexity index is 1270. The molecule has 174 valence electrons. The fourth-order valence-electron chi connectivity index (χ4n) is 4.61. The average molecular weight is 506 g/mol. The first-order valence-electron chi connectivity index (χ1n) is 10.9. The molecule has 0 aliphatic carbocycles. The lowest BCUT2D eigenvalue weighted by Crippen LogP contribution is -2.53. The van der Waals surface area contributed by atoms with E-state index in [-0.39, 0.29) is 23.3 Å². The number of carbonyl (C=O) groups is 1. The maximum Gasteiger partial charge on any atom is 0.245 e. The molecular weight excluding hydrogens is 482 g/mol. The van der Waals surface area contributed by atoms with E-state index in [1.807, 2.05) is 29.2 Å². The molecule has 8 nitrogen and oxygen atoms in total. The summed E-state index contributed by atoms with van der Waals surface area (Å²) < 4.78 is 36.6. The number of halogens is 1. The first-order valence-corrected chi connectivity index (χ1v) is 13.5. The van der Waals surface area contributed by atoms with Crippen LogP contribution in [0.15, 0.2) is 47.4 Å². The van der Waals surface area contributed by atoms with Gasteiger partial charge in [-0.05, 0) is 43.2 Å². The summed E-state index contributed by atoms with van der Waals surface area (Å²) in [5.74, 6) is -0.298. The van der Waals surface area contributed by atoms with Crippen LogP contribution in [0.4, 0.5) is 5.69 Å². The Morgan fingerprint density at radius 2 is 1.82 bits per heavy atom. The van der Waals surface area contributed by atoms with Crippen LogP contribution in [0, 0.1) is 5.92 Å². The van der Waals surface area contributed by atoms with E-state index in [9.17, 15) is 13.2 Å². The van der Waals surface area contributed by atoms with Gasteiger partial charge in [0.25, 0.3) is 0 Å². The number of carbonyl (C=O) groups excluding carboxylic acids is 1. The normalized spacial score (nSPS) is 20.3. The fourth-order valence-corrected chi connectivity index (χ4v) is 7.07. The molecule has 3 heterocycles. The Morgan fingerprint density at radius 3 is 2.61 bits per heavy atom. The van der Waals surface area contributed by atoms with Crippen molar-refractivity contribution >= 4 is 56.0 Å². The topological polar surface area (TPSA) is 86.7 Å². The maximum absolute atomic E-state index is 13.4. The zero-order chi connectivity index (χ0) is 23.0. The number of hydrogen-bond acceptors (Lipinski definition) is 7. The number of hydrogen-bond donors (Lipinski definition) is 0. The highest BCUT2D eigenvalue weighted by Gasteiger charge is 2.36. The number of aromatic nitrogens is 2. The predicted octanol–water partition coefficient (Wildman–Crippen LogP) is 3.09. The van der Waals surface area contributed by atoms with Gasteiger partial charge >= 0.3 is 0 Å². The van der Waals surface area contributed by atoms with Crippen LogP contribution in [0.25, 0.3) is 11.0 Å². The molecule has 3 aromatic rings. The van der Waals surface area contributed by atoms with Crippen LogP contribution in [0.2, 0.25) is 5.02 Å².